The van der Waals surface area contributed by atoms with Crippen molar-refractivity contribution in [2.75, 3.05) is 0 Å². The molecule has 1 aromatic heterocycles. The fraction of sp³-hybridized carbons (Fsp3) is 0.0946. The van der Waals surface area contributed by atoms with Crippen molar-refractivity contribution in [3.8, 4) is 73.8 Å². The molecule has 1 aliphatic carbocycles. The maximum absolute atomic E-state index is 12.5. The predicted molar refractivity (Wildman–Crippen MR) is 434 cm³/mol. The number of fused-ring (bicyclic) bond motifs is 4. The highest BCUT2D eigenvalue weighted by atomic mass is 127. The Balaban J connectivity index is 0.000000210. The van der Waals surface area contributed by atoms with E-state index in [1.165, 1.54) is 54.6 Å². The molecule has 10 aromatic rings. The van der Waals surface area contributed by atoms with Crippen LogP contribution >= 0.6 is 136 Å². The minimum Gasteiger partial charge on any atom is -0.515 e. The summed E-state index contributed by atoms with van der Waals surface area (Å²) in [6.07, 6.45) is 1.01. The number of aliphatic carboxylic acids is 2. The van der Waals surface area contributed by atoms with E-state index >= 15 is 0 Å². The molecule has 2 unspecified atom stereocenters. The van der Waals surface area contributed by atoms with Gasteiger partial charge in [-0.25, -0.2) is 9.59 Å². The number of carbonyl (C=O) groups is 4. The number of aliphatic hydroxyl groups is 1. The Bertz CT molecular complexity index is 5410. The number of aromatic carboxylic acids is 2. The second-order valence-corrected chi connectivity index (χ2v) is 28.7. The first-order valence-corrected chi connectivity index (χ1v) is 35.4. The van der Waals surface area contributed by atoms with Gasteiger partial charge in [-0.2, -0.15) is 0 Å². The van der Waals surface area contributed by atoms with Gasteiger partial charge in [0.1, 0.15) is 63.3 Å². The topological polar surface area (TPSA) is 364 Å². The summed E-state index contributed by atoms with van der Waals surface area (Å²) < 4.78 is 28.5. The van der Waals surface area contributed by atoms with Crippen molar-refractivity contribution in [1.82, 2.24) is 5.32 Å². The highest BCUT2D eigenvalue weighted by Gasteiger charge is 2.27. The molecule has 0 bridgehead atoms. The third-order valence-electron chi connectivity index (χ3n) is 15.2. The molecule has 9 aromatic carbocycles. The van der Waals surface area contributed by atoms with Crippen molar-refractivity contribution in [2.24, 2.45) is 5.73 Å². The van der Waals surface area contributed by atoms with Crippen molar-refractivity contribution in [3.05, 3.63) is 255 Å². The van der Waals surface area contributed by atoms with E-state index < -0.39 is 41.4 Å². The van der Waals surface area contributed by atoms with E-state index in [2.05, 4.69) is 95.7 Å². The molecule has 21 nitrogen and oxygen atoms in total. The van der Waals surface area contributed by atoms with Crippen molar-refractivity contribution in [3.63, 3.8) is 0 Å². The second-order valence-electron chi connectivity index (χ2n) is 21.7. The van der Waals surface area contributed by atoms with Gasteiger partial charge in [0.05, 0.1) is 49.6 Å². The van der Waals surface area contributed by atoms with E-state index in [-0.39, 0.29) is 107 Å². The summed E-state index contributed by atoms with van der Waals surface area (Å²) in [5.41, 5.74) is 9.21. The highest BCUT2D eigenvalue weighted by Crippen LogP contribution is 2.45. The lowest BCUT2D eigenvalue weighted by Crippen LogP contribution is -2.38. The summed E-state index contributed by atoms with van der Waals surface area (Å²) in [5, 5.41) is 83.0. The van der Waals surface area contributed by atoms with Gasteiger partial charge in [0.25, 0.3) is 0 Å². The fourth-order valence-corrected chi connectivity index (χ4v) is 15.8. The molecule has 101 heavy (non-hydrogen) atoms. The summed E-state index contributed by atoms with van der Waals surface area (Å²) in [7, 11) is 0. The predicted octanol–water partition coefficient (Wildman–Crippen LogP) is 16.0. The van der Waals surface area contributed by atoms with Gasteiger partial charge in [-0.05, 0) is 292 Å². The highest BCUT2D eigenvalue weighted by molar-refractivity contribution is 14.1. The van der Waals surface area contributed by atoms with Crippen LogP contribution in [0, 0.1) is 21.4 Å². The minimum absolute atomic E-state index is 0. The quantitative estimate of drug-likeness (QED) is 0.0299. The number of benzene rings is 10. The molecule has 2 atom stereocenters. The molecule has 27 heteroatoms. The van der Waals surface area contributed by atoms with Crippen molar-refractivity contribution >= 4 is 199 Å². The van der Waals surface area contributed by atoms with Crippen molar-refractivity contribution in [1.29, 1.82) is 0 Å². The maximum atomic E-state index is 12.5. The zero-order valence-corrected chi connectivity index (χ0v) is 63.4. The van der Waals surface area contributed by atoms with Crippen LogP contribution in [0.15, 0.2) is 193 Å². The maximum Gasteiger partial charge on any atom is 0.336 e. The number of carboxylic acid groups (broad SMARTS) is 4. The molecular formula is C74H56I6N2O19. The summed E-state index contributed by atoms with van der Waals surface area (Å²) in [5.74, 6) is -1.54. The van der Waals surface area contributed by atoms with Crippen molar-refractivity contribution in [2.45, 2.75) is 46.3 Å². The zero-order chi connectivity index (χ0) is 71.3. The molecule has 0 radical (unpaired) electrons. The lowest BCUT2D eigenvalue weighted by molar-refractivity contribution is -0.140. The number of phenols is 3. The first-order valence-electron chi connectivity index (χ1n) is 29.0. The van der Waals surface area contributed by atoms with Gasteiger partial charge < -0.3 is 64.9 Å². The number of hydrogen-bond donors (Lipinski definition) is 10. The molecule has 1 aliphatic heterocycles. The van der Waals surface area contributed by atoms with Gasteiger partial charge in [0.2, 0.25) is 0 Å². The molecule has 0 amide bonds. The van der Waals surface area contributed by atoms with E-state index in [0.29, 0.717) is 80.4 Å². The number of rotatable bonds is 17. The summed E-state index contributed by atoms with van der Waals surface area (Å²) >= 11 is 12.6. The molecule has 12 rings (SSSR count). The third kappa shape index (κ3) is 18.0. The van der Waals surface area contributed by atoms with Gasteiger partial charge in [-0.1, -0.05) is 51.3 Å². The number of aromatic hydroxyl groups is 3. The summed E-state index contributed by atoms with van der Waals surface area (Å²) in [4.78, 5) is 83.5. The van der Waals surface area contributed by atoms with E-state index in [0.717, 1.165) is 25.4 Å². The Morgan fingerprint density at radius 1 is 0.495 bits per heavy atom. The number of hydrogen-bond acceptors (Lipinski definition) is 17. The van der Waals surface area contributed by atoms with Gasteiger partial charge in [0, 0.05) is 51.5 Å². The number of nitrogens with one attached hydrogen (secondary N) is 1. The number of phenolic OH excluding ortho intramolecular Hbond substituents is 3. The van der Waals surface area contributed by atoms with Gasteiger partial charge in [0.15, 0.2) is 27.8 Å². The largest absolute Gasteiger partial charge is 0.515 e. The molecule has 0 fully saturated rings. The van der Waals surface area contributed by atoms with Crippen LogP contribution in [0.3, 0.4) is 0 Å². The molecule has 0 saturated heterocycles. The Morgan fingerprint density at radius 3 is 1.49 bits per heavy atom. The lowest BCUT2D eigenvalue weighted by Gasteiger charge is -2.20. The van der Waals surface area contributed by atoms with E-state index in [9.17, 15) is 69.3 Å². The molecule has 11 N–H and O–H groups in total. The normalized spacial score (nSPS) is 11.7. The monoisotopic (exact) mass is 2040 g/mol. The third-order valence-corrected chi connectivity index (χ3v) is 20.1. The number of ether oxygens (including phenoxy) is 2. The van der Waals surface area contributed by atoms with Gasteiger partial charge >= 0.3 is 23.9 Å². The van der Waals surface area contributed by atoms with Crippen LogP contribution in [0.5, 0.6) is 40.2 Å². The Labute approximate surface area is 655 Å². The van der Waals surface area contributed by atoms with Crippen LogP contribution in [-0.4, -0.2) is 76.8 Å². The fourth-order valence-electron chi connectivity index (χ4n) is 10.6. The van der Waals surface area contributed by atoms with Crippen LogP contribution in [0.25, 0.3) is 72.7 Å². The first kappa shape index (κ1) is 78.5. The standard InChI is InChI=1S/C36H24I3NO9.C21H12O6.C15H12I3NO4.2CH4/c37-25-15-19(6-9-30(25)43)48-34-26(38)11-17(12-27(34)39)13-28(36(46)47)40-16-24-29(42)10-8-23-32(20-3-1-2-4-21(20)35(44)45)22-7-5-18(41)14-31(22)49-33(23)24;22-10-16-17(24)8-7-15-19(12-3-1-2-4-13(12)21(25)26)14-6-5-11(23)9-18(14)27-20(15)16;16-9-6-8(1-2-13(9)20)23-14-10(17)3-7(4-11(14)18)5-12(19)15(21)22;;/h1-12,14-15,28,40,42-43H,13,16H2,(H,44,45)(H,46,47);1-10,22H,(H,25,26);1-4,6,12,20H,5,19H2,(H,21,22);2*1H4. The Hall–Kier alpha value is -8.21. The van der Waals surface area contributed by atoms with E-state index in [4.69, 9.17) is 29.1 Å². The van der Waals surface area contributed by atoms with E-state index in [1.54, 1.807) is 91.0 Å². The SMILES string of the molecule is C.C.NC(Cc1cc(I)c(Oc2ccc(O)c(I)c2)c(I)c1)C(=O)O.O=C(O)c1ccccc1-c1c2ccc(=O)cc-2oc2c(CNC(Cc3cc(I)c(Oc4ccc(O)c(I)c4)c(I)c3)C(=O)O)c(O)ccc12.O=C(O)c1ccccc1-c1c2ccc(=O)cc2oc2c(=CO)c(=O)ccc12. The summed E-state index contributed by atoms with van der Waals surface area (Å²) in [6.45, 7) is -0.124. The molecule has 2 aliphatic rings. The smallest absolute Gasteiger partial charge is 0.336 e. The second kappa shape index (κ2) is 34.2. The number of carboxylic acids is 4. The molecule has 0 spiro atoms. The molecular weight excluding hydrogens is 1980 g/mol. The number of aliphatic hydroxyl groups excluding tert-OH is 1. The zero-order valence-electron chi connectivity index (χ0n) is 50.4. The average Bonchev–Trinajstić information content (AvgIpc) is 0.747. The Morgan fingerprint density at radius 2 is 0.970 bits per heavy atom. The van der Waals surface area contributed by atoms with Crippen molar-refractivity contribution < 1.29 is 78.3 Å². The Kier molecular flexibility index (Phi) is 26.6. The minimum atomic E-state index is -1.14. The van der Waals surface area contributed by atoms with Gasteiger partial charge in [-0.15, -0.1) is 0 Å². The average molecular weight is 2040 g/mol. The number of nitrogens with two attached hydrogens (primary N) is 1. The first-order chi connectivity index (χ1) is 47.2. The van der Waals surface area contributed by atoms with Crippen LogP contribution in [-0.2, 0) is 29.0 Å². The van der Waals surface area contributed by atoms with Crippen LogP contribution in [0.1, 0.15) is 52.3 Å². The molecule has 518 valence electrons. The van der Waals surface area contributed by atoms with Crippen LogP contribution < -0.4 is 42.0 Å². The summed E-state index contributed by atoms with van der Waals surface area (Å²) in [6, 6.07) is 42.5. The van der Waals surface area contributed by atoms with Crippen LogP contribution in [0.2, 0.25) is 0 Å². The lowest BCUT2D eigenvalue weighted by atomic mass is 9.90. The van der Waals surface area contributed by atoms with E-state index in [1.807, 2.05) is 69.4 Å². The number of halogens is 6. The molecule has 2 heterocycles. The van der Waals surface area contributed by atoms with Crippen LogP contribution in [0.4, 0.5) is 0 Å². The molecule has 0 saturated carbocycles. The van der Waals surface area contributed by atoms with Gasteiger partial charge in [-0.3, -0.25) is 29.3 Å².